The van der Waals surface area contributed by atoms with Crippen LogP contribution in [0.5, 0.6) is 0 Å². The number of anilines is 1. The van der Waals surface area contributed by atoms with Crippen LogP contribution in [-0.2, 0) is 4.79 Å². The van der Waals surface area contributed by atoms with Gasteiger partial charge in [0.25, 0.3) is 5.91 Å². The third-order valence-corrected chi connectivity index (χ3v) is 4.30. The van der Waals surface area contributed by atoms with Crippen LogP contribution < -0.4 is 5.01 Å². The largest absolute Gasteiger partial charge is 0.374 e. The van der Waals surface area contributed by atoms with E-state index in [-0.39, 0.29) is 17.5 Å². The first-order valence-corrected chi connectivity index (χ1v) is 8.50. The Kier molecular flexibility index (Phi) is 5.41. The van der Waals surface area contributed by atoms with Crippen LogP contribution in [0.25, 0.3) is 0 Å². The number of hydrogen-bond acceptors (Lipinski definition) is 4. The molecule has 0 N–H and O–H groups in total. The number of hydrogen-bond donors (Lipinski definition) is 0. The molecule has 0 aliphatic carbocycles. The second kappa shape index (κ2) is 7.91. The first-order valence-electron chi connectivity index (χ1n) is 8.50. The topological polar surface area (TPSA) is 48.3 Å². The minimum Gasteiger partial charge on any atom is -0.374 e. The molecule has 0 aromatic heterocycles. The zero-order valence-corrected chi connectivity index (χ0v) is 14.6. The Balaban J connectivity index is 1.92. The van der Waals surface area contributed by atoms with Gasteiger partial charge in [-0.05, 0) is 30.2 Å². The first kappa shape index (κ1) is 17.8. The molecule has 0 bridgehead atoms. The molecule has 0 radical (unpaired) electrons. The van der Waals surface area contributed by atoms with Crippen molar-refractivity contribution in [3.8, 4) is 0 Å². The van der Waals surface area contributed by atoms with E-state index in [1.807, 2.05) is 17.2 Å². The molecule has 1 aromatic rings. The first-order chi connectivity index (χ1) is 12.6. The number of hydrazone groups is 1. The summed E-state index contributed by atoms with van der Waals surface area (Å²) in [5.41, 5.74) is 0.757. The van der Waals surface area contributed by atoms with Gasteiger partial charge in [-0.25, -0.2) is 4.39 Å². The van der Waals surface area contributed by atoms with Crippen molar-refractivity contribution in [1.82, 2.24) is 4.90 Å². The van der Waals surface area contributed by atoms with E-state index in [9.17, 15) is 9.18 Å². The number of amides is 1. The molecule has 0 saturated carbocycles. The number of nitrogens with zero attached hydrogens (tertiary/aromatic N) is 4. The van der Waals surface area contributed by atoms with Gasteiger partial charge >= 0.3 is 0 Å². The van der Waals surface area contributed by atoms with Crippen LogP contribution in [0.1, 0.15) is 6.92 Å². The summed E-state index contributed by atoms with van der Waals surface area (Å²) in [7, 11) is 0. The Morgan fingerprint density at radius 2 is 2.23 bits per heavy atom. The van der Waals surface area contributed by atoms with Crippen molar-refractivity contribution in [2.24, 2.45) is 21.9 Å². The summed E-state index contributed by atoms with van der Waals surface area (Å²) >= 11 is 0. The van der Waals surface area contributed by atoms with Crippen molar-refractivity contribution in [3.63, 3.8) is 0 Å². The van der Waals surface area contributed by atoms with Crippen LogP contribution in [0.2, 0.25) is 0 Å². The average molecular weight is 352 g/mol. The summed E-state index contributed by atoms with van der Waals surface area (Å²) in [5.74, 6) is -0.936. The Labute approximate surface area is 152 Å². The predicted octanol–water partition coefficient (Wildman–Crippen LogP) is 3.38. The van der Waals surface area contributed by atoms with Gasteiger partial charge < -0.3 is 4.90 Å². The normalized spacial score (nSPS) is 24.5. The maximum absolute atomic E-state index is 14.1. The van der Waals surface area contributed by atoms with Gasteiger partial charge in [0.1, 0.15) is 17.4 Å². The number of fused-ring (bicyclic) bond motifs is 1. The van der Waals surface area contributed by atoms with Crippen molar-refractivity contribution in [3.05, 3.63) is 67.3 Å². The van der Waals surface area contributed by atoms with Crippen molar-refractivity contribution in [2.45, 2.75) is 6.92 Å². The quantitative estimate of drug-likeness (QED) is 0.780. The van der Waals surface area contributed by atoms with E-state index in [1.165, 1.54) is 6.07 Å². The molecule has 0 fully saturated rings. The lowest BCUT2D eigenvalue weighted by molar-refractivity contribution is -0.120. The molecule has 6 heteroatoms. The van der Waals surface area contributed by atoms with Gasteiger partial charge in [0.15, 0.2) is 0 Å². The van der Waals surface area contributed by atoms with E-state index in [1.54, 1.807) is 42.8 Å². The highest BCUT2D eigenvalue weighted by atomic mass is 19.1. The maximum Gasteiger partial charge on any atom is 0.258 e. The SMILES string of the molecule is C=CC(C)CN1/C=C/N=C/C=C/C2=NN(c3ccccc3F)C(=O)C2C1. The fourth-order valence-electron chi connectivity index (χ4n) is 2.87. The molecule has 2 atom stereocenters. The zero-order chi connectivity index (χ0) is 18.5. The Bertz CT molecular complexity index is 812. The van der Waals surface area contributed by atoms with Gasteiger partial charge in [-0.3, -0.25) is 9.79 Å². The number of rotatable bonds is 4. The molecular formula is C20H21FN4O. The van der Waals surface area contributed by atoms with Crippen LogP contribution in [0.3, 0.4) is 0 Å². The highest BCUT2D eigenvalue weighted by Gasteiger charge is 2.37. The Morgan fingerprint density at radius 1 is 1.42 bits per heavy atom. The molecule has 1 aromatic carbocycles. The van der Waals surface area contributed by atoms with Crippen LogP contribution in [0, 0.1) is 17.7 Å². The van der Waals surface area contributed by atoms with Gasteiger partial charge in [0, 0.05) is 31.7 Å². The summed E-state index contributed by atoms with van der Waals surface area (Å²) in [6, 6.07) is 6.15. The minimum absolute atomic E-state index is 0.163. The van der Waals surface area contributed by atoms with E-state index in [2.05, 4.69) is 23.6 Å². The van der Waals surface area contributed by atoms with E-state index >= 15 is 0 Å². The third-order valence-electron chi connectivity index (χ3n) is 4.30. The number of carbonyl (C=O) groups excluding carboxylic acids is 1. The van der Waals surface area contributed by atoms with Gasteiger partial charge in [0.2, 0.25) is 0 Å². The highest BCUT2D eigenvalue weighted by molar-refractivity contribution is 6.20. The van der Waals surface area contributed by atoms with Crippen LogP contribution in [0.4, 0.5) is 10.1 Å². The highest BCUT2D eigenvalue weighted by Crippen LogP contribution is 2.27. The predicted molar refractivity (Wildman–Crippen MR) is 103 cm³/mol. The lowest BCUT2D eigenvalue weighted by Crippen LogP contribution is -2.37. The molecule has 2 unspecified atom stereocenters. The Morgan fingerprint density at radius 3 is 3.00 bits per heavy atom. The standard InChI is InChI=1S/C20H21FN4O/c1-3-15(2)13-24-12-11-22-10-6-8-18-16(14-24)20(26)25(23-18)19-9-5-4-7-17(19)21/h3-12,15-16H,1,13-14H2,2H3/b8-6+,12-11+,22-10+. The average Bonchev–Trinajstić information content (AvgIpc) is 2.94. The van der Waals surface area contributed by atoms with Gasteiger partial charge in [0.05, 0.1) is 5.71 Å². The fraction of sp³-hybridized carbons (Fsp3) is 0.250. The number of para-hydroxylation sites is 1. The van der Waals surface area contributed by atoms with Crippen LogP contribution in [0.15, 0.2) is 71.6 Å². The summed E-state index contributed by atoms with van der Waals surface area (Å²) in [5, 5.41) is 5.53. The molecule has 2 aliphatic rings. The van der Waals surface area contributed by atoms with Gasteiger partial charge in [-0.2, -0.15) is 10.1 Å². The monoisotopic (exact) mass is 352 g/mol. The smallest absolute Gasteiger partial charge is 0.258 e. The molecule has 134 valence electrons. The summed E-state index contributed by atoms with van der Waals surface area (Å²) < 4.78 is 14.1. The molecule has 26 heavy (non-hydrogen) atoms. The molecule has 3 rings (SSSR count). The summed E-state index contributed by atoms with van der Waals surface area (Å²) in [6.45, 7) is 7.01. The van der Waals surface area contributed by atoms with Gasteiger partial charge in [-0.1, -0.05) is 25.1 Å². The summed E-state index contributed by atoms with van der Waals surface area (Å²) in [6.07, 6.45) is 10.5. The second-order valence-corrected chi connectivity index (χ2v) is 6.30. The van der Waals surface area contributed by atoms with Crippen molar-refractivity contribution < 1.29 is 9.18 Å². The number of aliphatic imine (C=N–C) groups is 1. The molecule has 2 aliphatic heterocycles. The fourth-order valence-corrected chi connectivity index (χ4v) is 2.87. The zero-order valence-electron chi connectivity index (χ0n) is 14.6. The molecule has 5 nitrogen and oxygen atoms in total. The van der Waals surface area contributed by atoms with Crippen molar-refractivity contribution in [2.75, 3.05) is 18.1 Å². The molecule has 1 amide bonds. The lowest BCUT2D eigenvalue weighted by Gasteiger charge is -2.25. The lowest BCUT2D eigenvalue weighted by atomic mass is 10.0. The summed E-state index contributed by atoms with van der Waals surface area (Å²) in [4.78, 5) is 19.1. The Hall–Kier alpha value is -3.02. The molecule has 0 saturated heterocycles. The second-order valence-electron chi connectivity index (χ2n) is 6.30. The maximum atomic E-state index is 14.1. The number of halogens is 1. The number of allylic oxidation sites excluding steroid dienone is 2. The third kappa shape index (κ3) is 3.79. The minimum atomic E-state index is -0.475. The van der Waals surface area contributed by atoms with Crippen molar-refractivity contribution in [1.29, 1.82) is 0 Å². The molecule has 0 spiro atoms. The number of benzene rings is 1. The van der Waals surface area contributed by atoms with Crippen molar-refractivity contribution >= 4 is 23.5 Å². The molecular weight excluding hydrogens is 331 g/mol. The van der Waals surface area contributed by atoms with E-state index in [0.717, 1.165) is 5.01 Å². The van der Waals surface area contributed by atoms with E-state index in [4.69, 9.17) is 0 Å². The van der Waals surface area contributed by atoms with Crippen LogP contribution >= 0.6 is 0 Å². The van der Waals surface area contributed by atoms with Crippen LogP contribution in [-0.4, -0.2) is 35.8 Å². The van der Waals surface area contributed by atoms with E-state index < -0.39 is 11.7 Å². The van der Waals surface area contributed by atoms with E-state index in [0.29, 0.717) is 18.8 Å². The molecule has 2 heterocycles. The van der Waals surface area contributed by atoms with Gasteiger partial charge in [-0.15, -0.1) is 6.58 Å². The number of carbonyl (C=O) groups is 1.